The molecule has 0 radical (unpaired) electrons. The monoisotopic (exact) mass is 163 g/mol. The van der Waals surface area contributed by atoms with Crippen molar-refractivity contribution in [3.8, 4) is 0 Å². The molecule has 12 heavy (non-hydrogen) atoms. The summed E-state index contributed by atoms with van der Waals surface area (Å²) in [6.45, 7) is 1.91. The lowest BCUT2D eigenvalue weighted by atomic mass is 9.96. The van der Waals surface area contributed by atoms with E-state index in [4.69, 9.17) is 5.73 Å². The molecule has 3 heteroatoms. The number of nitrogens with zero attached hydrogens (tertiary/aromatic N) is 1. The number of rotatable bonds is 1. The van der Waals surface area contributed by atoms with E-state index in [2.05, 4.69) is 10.3 Å². The minimum absolute atomic E-state index is 0.257. The minimum Gasteiger partial charge on any atom is -0.326 e. The maximum absolute atomic E-state index is 5.93. The highest BCUT2D eigenvalue weighted by molar-refractivity contribution is 5.20. The molecule has 0 unspecified atom stereocenters. The molecule has 1 fully saturated rings. The fourth-order valence-corrected chi connectivity index (χ4v) is 1.67. The van der Waals surface area contributed by atoms with Gasteiger partial charge >= 0.3 is 0 Å². The molecule has 0 aromatic carbocycles. The zero-order chi connectivity index (χ0) is 8.39. The van der Waals surface area contributed by atoms with Crippen LogP contribution in [0.3, 0.4) is 0 Å². The van der Waals surface area contributed by atoms with Crippen LogP contribution in [0.5, 0.6) is 0 Å². The lowest BCUT2D eigenvalue weighted by Crippen LogP contribution is -2.27. The third-order valence-electron chi connectivity index (χ3n) is 2.40. The van der Waals surface area contributed by atoms with Crippen molar-refractivity contribution < 1.29 is 0 Å². The maximum Gasteiger partial charge on any atom is 0.0270 e. The van der Waals surface area contributed by atoms with Gasteiger partial charge in [-0.25, -0.2) is 0 Å². The third-order valence-corrected chi connectivity index (χ3v) is 2.40. The summed E-state index contributed by atoms with van der Waals surface area (Å²) in [7, 11) is 0. The third kappa shape index (κ3) is 1.33. The van der Waals surface area contributed by atoms with Crippen LogP contribution in [0, 0.1) is 0 Å². The average molecular weight is 163 g/mol. The van der Waals surface area contributed by atoms with Gasteiger partial charge in [0.05, 0.1) is 0 Å². The van der Waals surface area contributed by atoms with Crippen molar-refractivity contribution in [2.24, 2.45) is 5.73 Å². The Bertz CT molecular complexity index is 247. The van der Waals surface area contributed by atoms with E-state index >= 15 is 0 Å². The molecule has 2 heterocycles. The van der Waals surface area contributed by atoms with E-state index in [0.29, 0.717) is 5.92 Å². The standard InChI is InChI=1S/C9H13N3/c10-9-6-12-5-8(9)7-1-3-11-4-2-7/h1-4,8-9,12H,5-6,10H2/t8-,9-/m1/s1. The summed E-state index contributed by atoms with van der Waals surface area (Å²) in [5.41, 5.74) is 7.22. The summed E-state index contributed by atoms with van der Waals surface area (Å²) in [6.07, 6.45) is 3.64. The van der Waals surface area contributed by atoms with Gasteiger partial charge in [-0.3, -0.25) is 4.98 Å². The number of nitrogens with two attached hydrogens (primary N) is 1. The van der Waals surface area contributed by atoms with Crippen LogP contribution in [0.2, 0.25) is 0 Å². The predicted octanol–water partition coefficient (Wildman–Crippen LogP) is 0.0957. The van der Waals surface area contributed by atoms with E-state index in [1.54, 1.807) is 0 Å². The molecule has 1 aliphatic heterocycles. The second kappa shape index (κ2) is 3.21. The van der Waals surface area contributed by atoms with E-state index in [1.807, 2.05) is 24.5 Å². The van der Waals surface area contributed by atoms with Crippen molar-refractivity contribution in [1.29, 1.82) is 0 Å². The predicted molar refractivity (Wildman–Crippen MR) is 47.8 cm³/mol. The Morgan fingerprint density at radius 3 is 2.67 bits per heavy atom. The topological polar surface area (TPSA) is 50.9 Å². The van der Waals surface area contributed by atoms with Gasteiger partial charge in [-0.2, -0.15) is 0 Å². The van der Waals surface area contributed by atoms with Crippen LogP contribution in [0.1, 0.15) is 11.5 Å². The van der Waals surface area contributed by atoms with E-state index in [1.165, 1.54) is 5.56 Å². The molecule has 3 nitrogen and oxygen atoms in total. The molecular formula is C9H13N3. The van der Waals surface area contributed by atoms with Gasteiger partial charge in [0.1, 0.15) is 0 Å². The smallest absolute Gasteiger partial charge is 0.0270 e. The van der Waals surface area contributed by atoms with E-state index in [-0.39, 0.29) is 6.04 Å². The Morgan fingerprint density at radius 1 is 1.33 bits per heavy atom. The summed E-state index contributed by atoms with van der Waals surface area (Å²) < 4.78 is 0. The van der Waals surface area contributed by atoms with Gasteiger partial charge in [0, 0.05) is 37.4 Å². The fraction of sp³-hybridized carbons (Fsp3) is 0.444. The number of aromatic nitrogens is 1. The second-order valence-electron chi connectivity index (χ2n) is 3.21. The first-order valence-electron chi connectivity index (χ1n) is 4.24. The second-order valence-corrected chi connectivity index (χ2v) is 3.21. The summed E-state index contributed by atoms with van der Waals surface area (Å²) in [5.74, 6) is 0.466. The fourth-order valence-electron chi connectivity index (χ4n) is 1.67. The summed E-state index contributed by atoms with van der Waals surface area (Å²) in [4.78, 5) is 3.98. The molecule has 0 saturated carbocycles. The normalized spacial score (nSPS) is 29.1. The van der Waals surface area contributed by atoms with Crippen LogP contribution < -0.4 is 11.1 Å². The van der Waals surface area contributed by atoms with E-state index < -0.39 is 0 Å². The molecule has 1 aromatic rings. The first kappa shape index (κ1) is 7.71. The van der Waals surface area contributed by atoms with Gasteiger partial charge in [0.2, 0.25) is 0 Å². The van der Waals surface area contributed by atoms with Crippen LogP contribution in [0.15, 0.2) is 24.5 Å². The van der Waals surface area contributed by atoms with Gasteiger partial charge in [0.25, 0.3) is 0 Å². The Kier molecular flexibility index (Phi) is 2.06. The SMILES string of the molecule is N[C@@H]1CNC[C@@H]1c1ccncc1. The molecule has 2 atom stereocenters. The number of nitrogens with one attached hydrogen (secondary N) is 1. The van der Waals surface area contributed by atoms with Gasteiger partial charge in [-0.1, -0.05) is 0 Å². The Morgan fingerprint density at radius 2 is 2.08 bits per heavy atom. The van der Waals surface area contributed by atoms with Gasteiger partial charge in [-0.05, 0) is 17.7 Å². The van der Waals surface area contributed by atoms with Crippen LogP contribution in [0.25, 0.3) is 0 Å². The zero-order valence-corrected chi connectivity index (χ0v) is 6.90. The van der Waals surface area contributed by atoms with Crippen molar-refractivity contribution in [2.45, 2.75) is 12.0 Å². The Labute approximate surface area is 72.0 Å². The molecule has 2 rings (SSSR count). The van der Waals surface area contributed by atoms with E-state index in [9.17, 15) is 0 Å². The van der Waals surface area contributed by atoms with Crippen LogP contribution in [-0.2, 0) is 0 Å². The summed E-state index contributed by atoms with van der Waals surface area (Å²) in [5, 5.41) is 3.28. The lowest BCUT2D eigenvalue weighted by molar-refractivity contribution is 0.652. The van der Waals surface area contributed by atoms with Crippen LogP contribution >= 0.6 is 0 Å². The van der Waals surface area contributed by atoms with Crippen LogP contribution in [0.4, 0.5) is 0 Å². The molecule has 0 spiro atoms. The maximum atomic E-state index is 5.93. The summed E-state index contributed by atoms with van der Waals surface area (Å²) in [6, 6.07) is 4.34. The van der Waals surface area contributed by atoms with Crippen molar-refractivity contribution in [2.75, 3.05) is 13.1 Å². The van der Waals surface area contributed by atoms with Gasteiger partial charge in [-0.15, -0.1) is 0 Å². The largest absolute Gasteiger partial charge is 0.326 e. The minimum atomic E-state index is 0.257. The molecule has 0 aliphatic carbocycles. The number of hydrogen-bond acceptors (Lipinski definition) is 3. The number of pyridine rings is 1. The highest BCUT2D eigenvalue weighted by atomic mass is 15.0. The molecule has 1 aliphatic rings. The van der Waals surface area contributed by atoms with Crippen molar-refractivity contribution in [1.82, 2.24) is 10.3 Å². The summed E-state index contributed by atoms with van der Waals surface area (Å²) >= 11 is 0. The molecule has 3 N–H and O–H groups in total. The molecule has 64 valence electrons. The molecule has 1 saturated heterocycles. The van der Waals surface area contributed by atoms with E-state index in [0.717, 1.165) is 13.1 Å². The molecule has 1 aromatic heterocycles. The zero-order valence-electron chi connectivity index (χ0n) is 6.90. The van der Waals surface area contributed by atoms with Crippen molar-refractivity contribution in [3.05, 3.63) is 30.1 Å². The first-order chi connectivity index (χ1) is 5.88. The molecular weight excluding hydrogens is 150 g/mol. The van der Waals surface area contributed by atoms with Crippen molar-refractivity contribution in [3.63, 3.8) is 0 Å². The molecule has 0 amide bonds. The Balaban J connectivity index is 2.19. The van der Waals surface area contributed by atoms with Crippen molar-refractivity contribution >= 4 is 0 Å². The lowest BCUT2D eigenvalue weighted by Gasteiger charge is -2.13. The first-order valence-corrected chi connectivity index (χ1v) is 4.24. The highest BCUT2D eigenvalue weighted by Gasteiger charge is 2.24. The Hall–Kier alpha value is -0.930. The number of hydrogen-bond donors (Lipinski definition) is 2. The molecule has 0 bridgehead atoms. The van der Waals surface area contributed by atoms with Crippen LogP contribution in [-0.4, -0.2) is 24.1 Å². The van der Waals surface area contributed by atoms with Gasteiger partial charge < -0.3 is 11.1 Å². The average Bonchev–Trinajstić information content (AvgIpc) is 2.53. The van der Waals surface area contributed by atoms with Gasteiger partial charge in [0.15, 0.2) is 0 Å². The quantitative estimate of drug-likeness (QED) is 0.617. The highest BCUT2D eigenvalue weighted by Crippen LogP contribution is 2.20.